The lowest BCUT2D eigenvalue weighted by Gasteiger charge is -2.15. The molecule has 1 amide bonds. The molecule has 1 aliphatic rings. The smallest absolute Gasteiger partial charge is 0.311 e. The summed E-state index contributed by atoms with van der Waals surface area (Å²) in [6.45, 7) is 0. The highest BCUT2D eigenvalue weighted by Crippen LogP contribution is 2.38. The molecule has 1 fully saturated rings. The molecule has 30 heavy (non-hydrogen) atoms. The fourth-order valence-corrected chi connectivity index (χ4v) is 3.90. The van der Waals surface area contributed by atoms with E-state index in [9.17, 15) is 20.0 Å². The minimum Gasteiger partial charge on any atom is -0.502 e. The first-order valence-corrected chi connectivity index (χ1v) is 9.75. The highest BCUT2D eigenvalue weighted by molar-refractivity contribution is 8.19. The summed E-state index contributed by atoms with van der Waals surface area (Å²) in [4.78, 5) is 30.1. The van der Waals surface area contributed by atoms with Crippen molar-refractivity contribution in [2.24, 2.45) is 4.99 Å². The summed E-state index contributed by atoms with van der Waals surface area (Å²) in [5, 5.41) is 21.2. The van der Waals surface area contributed by atoms with Crippen LogP contribution in [0.25, 0.3) is 6.08 Å². The fraction of sp³-hybridized carbons (Fsp3) is 0. The molecule has 7 nitrogen and oxygen atoms in total. The highest BCUT2D eigenvalue weighted by Gasteiger charge is 2.34. The Morgan fingerprint density at radius 1 is 1.00 bits per heavy atom. The molecule has 0 spiro atoms. The predicted molar refractivity (Wildman–Crippen MR) is 118 cm³/mol. The molecule has 4 rings (SSSR count). The highest BCUT2D eigenvalue weighted by atomic mass is 32.2. The number of para-hydroxylation sites is 2. The molecule has 1 aliphatic heterocycles. The standard InChI is InChI=1S/C22H15N3O4S/c26-19-12-11-15(13-18(19)25(28)29)14-20-21(27)24(17-9-5-2-6-10-17)22(30-20)23-16-7-3-1-4-8-16/h1-14,26H/b20-14-,23-22?. The zero-order valence-corrected chi connectivity index (χ0v) is 16.3. The molecule has 0 atom stereocenters. The number of nitro groups is 1. The number of anilines is 1. The van der Waals surface area contributed by atoms with Gasteiger partial charge in [0.1, 0.15) is 0 Å². The summed E-state index contributed by atoms with van der Waals surface area (Å²) in [5.74, 6) is -0.707. The molecule has 1 saturated heterocycles. The van der Waals surface area contributed by atoms with Crippen LogP contribution in [0.1, 0.15) is 5.56 Å². The van der Waals surface area contributed by atoms with E-state index in [4.69, 9.17) is 0 Å². The van der Waals surface area contributed by atoms with Crippen LogP contribution in [0, 0.1) is 10.1 Å². The number of nitrogens with zero attached hydrogens (tertiary/aromatic N) is 3. The first-order valence-electron chi connectivity index (χ1n) is 8.93. The monoisotopic (exact) mass is 417 g/mol. The third-order valence-corrected chi connectivity index (χ3v) is 5.26. The van der Waals surface area contributed by atoms with Crippen LogP contribution in [0.2, 0.25) is 0 Å². The largest absolute Gasteiger partial charge is 0.502 e. The number of phenolic OH excluding ortho intramolecular Hbond substituents is 1. The Morgan fingerprint density at radius 2 is 1.67 bits per heavy atom. The minimum atomic E-state index is -0.667. The normalized spacial score (nSPS) is 16.4. The first kappa shape index (κ1) is 19.4. The van der Waals surface area contributed by atoms with Crippen molar-refractivity contribution in [2.75, 3.05) is 4.90 Å². The molecule has 1 N–H and O–H groups in total. The molecular formula is C22H15N3O4S. The Morgan fingerprint density at radius 3 is 2.33 bits per heavy atom. The Labute approximate surface area is 176 Å². The maximum atomic E-state index is 13.2. The Kier molecular flexibility index (Phi) is 5.32. The van der Waals surface area contributed by atoms with E-state index in [1.54, 1.807) is 6.08 Å². The molecule has 148 valence electrons. The number of thioether (sulfide) groups is 1. The van der Waals surface area contributed by atoms with E-state index in [0.717, 1.165) is 0 Å². The maximum Gasteiger partial charge on any atom is 0.311 e. The van der Waals surface area contributed by atoms with Gasteiger partial charge in [-0.1, -0.05) is 42.5 Å². The first-order chi connectivity index (χ1) is 14.5. The van der Waals surface area contributed by atoms with Gasteiger partial charge in [-0.2, -0.15) is 0 Å². The zero-order valence-electron chi connectivity index (χ0n) is 15.5. The van der Waals surface area contributed by atoms with E-state index >= 15 is 0 Å². The second-order valence-electron chi connectivity index (χ2n) is 6.32. The van der Waals surface area contributed by atoms with E-state index in [-0.39, 0.29) is 5.91 Å². The number of aromatic hydroxyl groups is 1. The second kappa shape index (κ2) is 8.22. The number of amidine groups is 1. The Bertz CT molecular complexity index is 1180. The number of hydrogen-bond donors (Lipinski definition) is 1. The van der Waals surface area contributed by atoms with Gasteiger partial charge in [0, 0.05) is 6.07 Å². The third-order valence-electron chi connectivity index (χ3n) is 4.30. The number of carbonyl (C=O) groups is 1. The Hall–Kier alpha value is -3.91. The molecular weight excluding hydrogens is 402 g/mol. The lowest BCUT2D eigenvalue weighted by molar-refractivity contribution is -0.385. The van der Waals surface area contributed by atoms with Gasteiger partial charge in [-0.05, 0) is 53.7 Å². The van der Waals surface area contributed by atoms with E-state index in [1.807, 2.05) is 60.7 Å². The summed E-state index contributed by atoms with van der Waals surface area (Å²) in [6, 6.07) is 22.4. The molecule has 3 aromatic rings. The van der Waals surface area contributed by atoms with Crippen molar-refractivity contribution < 1.29 is 14.8 Å². The van der Waals surface area contributed by atoms with Crippen LogP contribution in [-0.2, 0) is 4.79 Å². The van der Waals surface area contributed by atoms with Crippen LogP contribution in [0.4, 0.5) is 17.1 Å². The van der Waals surface area contributed by atoms with Crippen LogP contribution in [-0.4, -0.2) is 21.1 Å². The number of rotatable bonds is 4. The van der Waals surface area contributed by atoms with Gasteiger partial charge in [-0.15, -0.1) is 0 Å². The van der Waals surface area contributed by atoms with Crippen molar-refractivity contribution in [3.05, 3.63) is 99.4 Å². The quantitative estimate of drug-likeness (QED) is 0.362. The zero-order chi connectivity index (χ0) is 21.1. The van der Waals surface area contributed by atoms with Gasteiger partial charge >= 0.3 is 5.69 Å². The van der Waals surface area contributed by atoms with E-state index < -0.39 is 16.4 Å². The molecule has 0 radical (unpaired) electrons. The summed E-state index contributed by atoms with van der Waals surface area (Å²) in [6.07, 6.45) is 1.56. The van der Waals surface area contributed by atoms with Crippen molar-refractivity contribution >= 4 is 46.0 Å². The SMILES string of the molecule is O=C1/C(=C/c2ccc(O)c([N+](=O)[O-])c2)SC(=Nc2ccccc2)N1c1ccccc1. The minimum absolute atomic E-state index is 0.281. The number of phenols is 1. The van der Waals surface area contributed by atoms with Crippen LogP contribution in [0.3, 0.4) is 0 Å². The predicted octanol–water partition coefficient (Wildman–Crippen LogP) is 5.11. The second-order valence-corrected chi connectivity index (χ2v) is 7.33. The lowest BCUT2D eigenvalue weighted by atomic mass is 10.1. The van der Waals surface area contributed by atoms with Crippen molar-refractivity contribution in [1.82, 2.24) is 0 Å². The average Bonchev–Trinajstić information content (AvgIpc) is 3.05. The summed E-state index contributed by atoms with van der Waals surface area (Å²) >= 11 is 1.18. The van der Waals surface area contributed by atoms with Crippen molar-refractivity contribution in [2.45, 2.75) is 0 Å². The van der Waals surface area contributed by atoms with Crippen molar-refractivity contribution in [3.63, 3.8) is 0 Å². The summed E-state index contributed by atoms with van der Waals surface area (Å²) in [5.41, 5.74) is 1.39. The molecule has 0 unspecified atom stereocenters. The number of amides is 1. The molecule has 1 heterocycles. The summed E-state index contributed by atoms with van der Waals surface area (Å²) in [7, 11) is 0. The number of nitro benzene ring substituents is 1. The molecule has 8 heteroatoms. The molecule has 0 bridgehead atoms. The van der Waals surface area contributed by atoms with E-state index in [0.29, 0.717) is 27.0 Å². The average molecular weight is 417 g/mol. The fourth-order valence-electron chi connectivity index (χ4n) is 2.89. The molecule has 3 aromatic carbocycles. The van der Waals surface area contributed by atoms with Crippen LogP contribution in [0.15, 0.2) is 88.8 Å². The summed E-state index contributed by atoms with van der Waals surface area (Å²) < 4.78 is 0. The lowest BCUT2D eigenvalue weighted by Crippen LogP contribution is -2.28. The van der Waals surface area contributed by atoms with E-state index in [2.05, 4.69) is 4.99 Å². The van der Waals surface area contributed by atoms with Gasteiger partial charge in [0.25, 0.3) is 5.91 Å². The van der Waals surface area contributed by atoms with Gasteiger partial charge in [0.2, 0.25) is 0 Å². The topological polar surface area (TPSA) is 96.0 Å². The maximum absolute atomic E-state index is 13.2. The van der Waals surface area contributed by atoms with Crippen molar-refractivity contribution in [1.29, 1.82) is 0 Å². The van der Waals surface area contributed by atoms with Gasteiger partial charge in [0.05, 0.1) is 21.2 Å². The number of benzene rings is 3. The number of aliphatic imine (C=N–C) groups is 1. The van der Waals surface area contributed by atoms with Gasteiger partial charge < -0.3 is 5.11 Å². The molecule has 0 aromatic heterocycles. The number of carbonyl (C=O) groups excluding carboxylic acids is 1. The van der Waals surface area contributed by atoms with Crippen LogP contribution < -0.4 is 4.90 Å². The van der Waals surface area contributed by atoms with Gasteiger partial charge in [-0.25, -0.2) is 4.99 Å². The van der Waals surface area contributed by atoms with E-state index in [1.165, 1.54) is 34.9 Å². The van der Waals surface area contributed by atoms with Crippen molar-refractivity contribution in [3.8, 4) is 5.75 Å². The number of hydrogen-bond acceptors (Lipinski definition) is 6. The molecule has 0 aliphatic carbocycles. The molecule has 0 saturated carbocycles. The van der Waals surface area contributed by atoms with Crippen LogP contribution >= 0.6 is 11.8 Å². The van der Waals surface area contributed by atoms with Gasteiger partial charge in [0.15, 0.2) is 10.9 Å². The Balaban J connectivity index is 1.77. The van der Waals surface area contributed by atoms with Gasteiger partial charge in [-0.3, -0.25) is 19.8 Å². The van der Waals surface area contributed by atoms with Crippen LogP contribution in [0.5, 0.6) is 5.75 Å². The third kappa shape index (κ3) is 3.94.